The molecule has 28 heavy (non-hydrogen) atoms. The number of hydrogen-bond acceptors (Lipinski definition) is 4. The van der Waals surface area contributed by atoms with Gasteiger partial charge in [-0.15, -0.1) is 0 Å². The van der Waals surface area contributed by atoms with E-state index in [4.69, 9.17) is 4.74 Å². The van der Waals surface area contributed by atoms with E-state index < -0.39 is 0 Å². The molecule has 0 radical (unpaired) electrons. The number of nitrogens with one attached hydrogen (secondary N) is 3. The van der Waals surface area contributed by atoms with Gasteiger partial charge in [0.25, 0.3) is 0 Å². The van der Waals surface area contributed by atoms with Gasteiger partial charge >= 0.3 is 0 Å². The summed E-state index contributed by atoms with van der Waals surface area (Å²) in [4.78, 5) is 20.5. The van der Waals surface area contributed by atoms with Gasteiger partial charge in [0.05, 0.1) is 6.10 Å². The van der Waals surface area contributed by atoms with Gasteiger partial charge in [-0.2, -0.15) is 0 Å². The van der Waals surface area contributed by atoms with Crippen molar-refractivity contribution in [2.75, 3.05) is 32.1 Å². The number of carbonyl (C=O) groups is 1. The lowest BCUT2D eigenvalue weighted by atomic mass is 9.78. The molecule has 1 aliphatic heterocycles. The Hall–Kier alpha value is -2.15. The molecule has 7 heteroatoms. The molecule has 2 heterocycles. The first kappa shape index (κ1) is 22.1. The Morgan fingerprint density at radius 1 is 1.32 bits per heavy atom. The number of rotatable bonds is 6. The molecule has 2 rings (SSSR count). The van der Waals surface area contributed by atoms with Crippen LogP contribution >= 0.6 is 0 Å². The summed E-state index contributed by atoms with van der Waals surface area (Å²) in [6, 6.07) is 3.73. The van der Waals surface area contributed by atoms with Crippen molar-refractivity contribution in [1.82, 2.24) is 15.6 Å². The topological polar surface area (TPSA) is 87.6 Å². The fraction of sp³-hybridized carbons (Fsp3) is 0.667. The number of carbonyl (C=O) groups excluding carboxylic acids is 1. The molecule has 1 aromatic heterocycles. The van der Waals surface area contributed by atoms with Crippen LogP contribution in [0, 0.1) is 18.3 Å². The largest absolute Gasteiger partial charge is 0.377 e. The van der Waals surface area contributed by atoms with Gasteiger partial charge in [-0.3, -0.25) is 9.79 Å². The molecule has 1 aliphatic rings. The Labute approximate surface area is 168 Å². The van der Waals surface area contributed by atoms with Crippen LogP contribution in [0.2, 0.25) is 0 Å². The number of pyridine rings is 1. The summed E-state index contributed by atoms with van der Waals surface area (Å²) in [6.45, 7) is 10.8. The fourth-order valence-corrected chi connectivity index (χ4v) is 3.50. The van der Waals surface area contributed by atoms with Crippen molar-refractivity contribution in [1.29, 1.82) is 0 Å². The van der Waals surface area contributed by atoms with Crippen LogP contribution in [0.3, 0.4) is 0 Å². The number of nitrogens with zero attached hydrogens (tertiary/aromatic N) is 2. The summed E-state index contributed by atoms with van der Waals surface area (Å²) in [6.07, 6.45) is 4.56. The molecular weight excluding hydrogens is 354 g/mol. The highest BCUT2D eigenvalue weighted by atomic mass is 16.5. The van der Waals surface area contributed by atoms with E-state index in [9.17, 15) is 4.79 Å². The van der Waals surface area contributed by atoms with Crippen molar-refractivity contribution in [3.8, 4) is 0 Å². The van der Waals surface area contributed by atoms with Crippen molar-refractivity contribution < 1.29 is 9.53 Å². The lowest BCUT2D eigenvalue weighted by molar-refractivity contribution is -0.116. The maximum absolute atomic E-state index is 12.1. The van der Waals surface area contributed by atoms with Gasteiger partial charge in [0.2, 0.25) is 5.91 Å². The Balaban J connectivity index is 1.73. The highest BCUT2D eigenvalue weighted by molar-refractivity contribution is 5.90. The van der Waals surface area contributed by atoms with Crippen molar-refractivity contribution in [2.24, 2.45) is 16.3 Å². The highest BCUT2D eigenvalue weighted by Crippen LogP contribution is 2.33. The fourth-order valence-electron chi connectivity index (χ4n) is 3.50. The van der Waals surface area contributed by atoms with Gasteiger partial charge in [0.1, 0.15) is 5.82 Å². The molecule has 7 nitrogen and oxygen atoms in total. The molecule has 1 fully saturated rings. The predicted molar refractivity (Wildman–Crippen MR) is 114 cm³/mol. The first-order valence-electron chi connectivity index (χ1n) is 10.1. The van der Waals surface area contributed by atoms with Gasteiger partial charge in [-0.05, 0) is 36.8 Å². The van der Waals surface area contributed by atoms with Crippen molar-refractivity contribution in [3.05, 3.63) is 23.9 Å². The Morgan fingerprint density at radius 2 is 2.11 bits per heavy atom. The minimum atomic E-state index is -0.0761. The highest BCUT2D eigenvalue weighted by Gasteiger charge is 2.35. The van der Waals surface area contributed by atoms with Gasteiger partial charge in [-0.25, -0.2) is 4.98 Å². The van der Waals surface area contributed by atoms with Gasteiger partial charge in [0, 0.05) is 45.3 Å². The third-order valence-corrected chi connectivity index (χ3v) is 4.88. The quantitative estimate of drug-likeness (QED) is 0.514. The number of aryl methyl sites for hydroxylation is 1. The van der Waals surface area contributed by atoms with Crippen LogP contribution in [-0.4, -0.2) is 49.7 Å². The zero-order chi connectivity index (χ0) is 20.6. The van der Waals surface area contributed by atoms with E-state index in [2.05, 4.69) is 46.7 Å². The molecule has 0 spiro atoms. The van der Waals surface area contributed by atoms with Crippen molar-refractivity contribution >= 4 is 17.7 Å². The number of aliphatic imine (C=N–C) groups is 1. The number of ether oxygens (including phenoxy) is 1. The van der Waals surface area contributed by atoms with Gasteiger partial charge < -0.3 is 20.7 Å². The molecule has 0 aliphatic carbocycles. The van der Waals surface area contributed by atoms with Crippen LogP contribution in [0.4, 0.5) is 5.82 Å². The van der Waals surface area contributed by atoms with E-state index >= 15 is 0 Å². The normalized spacial score (nSPS) is 20.5. The maximum atomic E-state index is 12.1. The SMILES string of the molecule is CN=C(NCCC(=O)Nc1ccc(C)cn1)NCC1CCCOC1C(C)(C)C. The molecule has 1 aromatic rings. The second-order valence-electron chi connectivity index (χ2n) is 8.46. The Morgan fingerprint density at radius 3 is 2.75 bits per heavy atom. The van der Waals surface area contributed by atoms with Crippen LogP contribution in [0.25, 0.3) is 0 Å². The molecule has 0 bridgehead atoms. The predicted octanol–water partition coefficient (Wildman–Crippen LogP) is 2.72. The summed E-state index contributed by atoms with van der Waals surface area (Å²) < 4.78 is 6.04. The molecule has 156 valence electrons. The maximum Gasteiger partial charge on any atom is 0.227 e. The lowest BCUT2D eigenvalue weighted by Gasteiger charge is -2.40. The minimum absolute atomic E-state index is 0.0761. The zero-order valence-corrected chi connectivity index (χ0v) is 17.8. The molecule has 0 aromatic carbocycles. The Kier molecular flexibility index (Phi) is 8.23. The summed E-state index contributed by atoms with van der Waals surface area (Å²) in [7, 11) is 1.74. The van der Waals surface area contributed by atoms with Crippen LogP contribution in [0.15, 0.2) is 23.3 Å². The first-order chi connectivity index (χ1) is 13.3. The van der Waals surface area contributed by atoms with Crippen molar-refractivity contribution in [3.63, 3.8) is 0 Å². The van der Waals surface area contributed by atoms with Gasteiger partial charge in [0.15, 0.2) is 5.96 Å². The monoisotopic (exact) mass is 389 g/mol. The third-order valence-electron chi connectivity index (χ3n) is 4.88. The second kappa shape index (κ2) is 10.4. The number of anilines is 1. The first-order valence-corrected chi connectivity index (χ1v) is 10.1. The van der Waals surface area contributed by atoms with Crippen LogP contribution in [-0.2, 0) is 9.53 Å². The van der Waals surface area contributed by atoms with E-state index in [1.165, 1.54) is 0 Å². The molecule has 2 atom stereocenters. The Bertz CT molecular complexity index is 652. The molecular formula is C21H35N5O2. The number of hydrogen-bond donors (Lipinski definition) is 3. The molecule has 0 saturated carbocycles. The molecule has 3 N–H and O–H groups in total. The van der Waals surface area contributed by atoms with E-state index in [0.717, 1.165) is 31.6 Å². The van der Waals surface area contributed by atoms with E-state index in [0.29, 0.717) is 30.7 Å². The van der Waals surface area contributed by atoms with Crippen LogP contribution < -0.4 is 16.0 Å². The van der Waals surface area contributed by atoms with Gasteiger partial charge in [-0.1, -0.05) is 26.8 Å². The van der Waals surface area contributed by atoms with Crippen LogP contribution in [0.1, 0.15) is 45.6 Å². The van der Waals surface area contributed by atoms with E-state index in [1.807, 2.05) is 13.0 Å². The minimum Gasteiger partial charge on any atom is -0.377 e. The summed E-state index contributed by atoms with van der Waals surface area (Å²) in [5.41, 5.74) is 1.18. The third kappa shape index (κ3) is 7.11. The lowest BCUT2D eigenvalue weighted by Crippen LogP contribution is -2.47. The van der Waals surface area contributed by atoms with E-state index in [1.54, 1.807) is 19.3 Å². The summed E-state index contributed by atoms with van der Waals surface area (Å²) in [5.74, 6) is 1.65. The molecule has 2 unspecified atom stereocenters. The smallest absolute Gasteiger partial charge is 0.227 e. The summed E-state index contributed by atoms with van der Waals surface area (Å²) >= 11 is 0. The molecule has 1 saturated heterocycles. The number of amides is 1. The number of aromatic nitrogens is 1. The molecule has 1 amide bonds. The average molecular weight is 390 g/mol. The average Bonchev–Trinajstić information content (AvgIpc) is 2.66. The van der Waals surface area contributed by atoms with E-state index in [-0.39, 0.29) is 17.4 Å². The number of guanidine groups is 1. The van der Waals surface area contributed by atoms with Crippen molar-refractivity contribution in [2.45, 2.75) is 53.1 Å². The standard InChI is InChI=1S/C21H35N5O2/c1-15-8-9-17(24-13-15)26-18(27)10-11-23-20(22-5)25-14-16-7-6-12-28-19(16)21(2,3)4/h8-9,13,16,19H,6-7,10-12,14H2,1-5H3,(H2,22,23,25)(H,24,26,27). The summed E-state index contributed by atoms with van der Waals surface area (Å²) in [5, 5.41) is 9.39. The second-order valence-corrected chi connectivity index (χ2v) is 8.46. The van der Waals surface area contributed by atoms with Crippen LogP contribution in [0.5, 0.6) is 0 Å². The zero-order valence-electron chi connectivity index (χ0n) is 17.8.